The maximum Gasteiger partial charge on any atom is 0.305 e. The summed E-state index contributed by atoms with van der Waals surface area (Å²) in [5.41, 5.74) is 0. The average Bonchev–Trinajstić information content (AvgIpc) is 3.46. The quantitative estimate of drug-likeness (QED) is 0.0320. The molecule has 0 rings (SSSR count). The van der Waals surface area contributed by atoms with Gasteiger partial charge in [0.15, 0.2) is 0 Å². The number of aliphatic hydroxyl groups is 2. The topological polar surface area (TPSA) is 95.9 Å². The lowest BCUT2D eigenvalue weighted by molar-refractivity contribution is -0.143. The zero-order chi connectivity index (χ0) is 57.8. The van der Waals surface area contributed by atoms with Gasteiger partial charge in [0.1, 0.15) is 0 Å². The maximum atomic E-state index is 12.5. The Balaban J connectivity index is 3.34. The van der Waals surface area contributed by atoms with E-state index in [1.807, 2.05) is 0 Å². The molecule has 0 aromatic carbocycles. The zero-order valence-electron chi connectivity index (χ0n) is 54.6. The number of carbonyl (C=O) groups is 2. The van der Waals surface area contributed by atoms with Crippen LogP contribution >= 0.6 is 0 Å². The van der Waals surface area contributed by atoms with Gasteiger partial charge in [-0.15, -0.1) is 0 Å². The molecule has 0 aliphatic rings. The third-order valence-corrected chi connectivity index (χ3v) is 17.6. The van der Waals surface area contributed by atoms with Crippen LogP contribution in [0.5, 0.6) is 0 Å². The molecule has 0 heterocycles. The number of ether oxygens (including phenoxy) is 1. The minimum absolute atomic E-state index is 0.0126. The first kappa shape index (κ1) is 78.6. The van der Waals surface area contributed by atoms with Crippen molar-refractivity contribution in [3.05, 3.63) is 12.2 Å². The van der Waals surface area contributed by atoms with E-state index in [0.717, 1.165) is 44.9 Å². The highest BCUT2D eigenvalue weighted by molar-refractivity contribution is 5.76. The van der Waals surface area contributed by atoms with Crippen molar-refractivity contribution in [2.75, 3.05) is 13.2 Å². The molecule has 0 bridgehead atoms. The molecular weight excluding hydrogens is 983 g/mol. The molecule has 1 amide bonds. The highest BCUT2D eigenvalue weighted by Crippen LogP contribution is 2.20. The monoisotopic (exact) mass is 1130 g/mol. The van der Waals surface area contributed by atoms with E-state index in [-0.39, 0.29) is 18.5 Å². The Bertz CT molecular complexity index is 1210. The van der Waals surface area contributed by atoms with Crippen LogP contribution in [0.2, 0.25) is 0 Å². The Labute approximate surface area is 501 Å². The number of esters is 1. The van der Waals surface area contributed by atoms with Crippen LogP contribution in [0.1, 0.15) is 425 Å². The number of rotatable bonds is 70. The number of nitrogens with one attached hydrogen (secondary N) is 1. The summed E-state index contributed by atoms with van der Waals surface area (Å²) in [7, 11) is 0. The highest BCUT2D eigenvalue weighted by atomic mass is 16.5. The summed E-state index contributed by atoms with van der Waals surface area (Å²) >= 11 is 0. The van der Waals surface area contributed by atoms with E-state index >= 15 is 0 Å². The van der Waals surface area contributed by atoms with E-state index in [9.17, 15) is 19.8 Å². The summed E-state index contributed by atoms with van der Waals surface area (Å²) < 4.78 is 5.50. The molecule has 0 saturated heterocycles. The molecule has 2 unspecified atom stereocenters. The molecular formula is C74H145NO5. The number of unbranched alkanes of at least 4 members (excludes halogenated alkanes) is 57. The van der Waals surface area contributed by atoms with Crippen molar-refractivity contribution in [3.63, 3.8) is 0 Å². The number of hydrogen-bond acceptors (Lipinski definition) is 5. The lowest BCUT2D eigenvalue weighted by Gasteiger charge is -2.22. The number of carbonyl (C=O) groups excluding carboxylic acids is 2. The van der Waals surface area contributed by atoms with Crippen LogP contribution in [-0.4, -0.2) is 47.4 Å². The van der Waals surface area contributed by atoms with Crippen molar-refractivity contribution in [3.8, 4) is 0 Å². The number of amides is 1. The highest BCUT2D eigenvalue weighted by Gasteiger charge is 2.20. The second kappa shape index (κ2) is 70.1. The van der Waals surface area contributed by atoms with Gasteiger partial charge in [0.05, 0.1) is 25.4 Å². The van der Waals surface area contributed by atoms with E-state index in [4.69, 9.17) is 4.74 Å². The third kappa shape index (κ3) is 65.7. The molecule has 6 nitrogen and oxygen atoms in total. The van der Waals surface area contributed by atoms with E-state index in [1.54, 1.807) is 0 Å². The fraction of sp³-hybridized carbons (Fsp3) is 0.946. The maximum absolute atomic E-state index is 12.5. The van der Waals surface area contributed by atoms with Gasteiger partial charge >= 0.3 is 5.97 Å². The fourth-order valence-electron chi connectivity index (χ4n) is 11.9. The Morgan fingerprint density at radius 2 is 0.588 bits per heavy atom. The summed E-state index contributed by atoms with van der Waals surface area (Å²) in [6.45, 7) is 5.00. The smallest absolute Gasteiger partial charge is 0.305 e. The molecule has 0 saturated carbocycles. The van der Waals surface area contributed by atoms with Crippen LogP contribution in [0.25, 0.3) is 0 Å². The van der Waals surface area contributed by atoms with Crippen LogP contribution < -0.4 is 5.32 Å². The van der Waals surface area contributed by atoms with E-state index in [0.29, 0.717) is 25.9 Å². The molecule has 0 aliphatic heterocycles. The second-order valence-corrected chi connectivity index (χ2v) is 25.6. The molecule has 3 N–H and O–H groups in total. The Morgan fingerprint density at radius 3 is 0.887 bits per heavy atom. The van der Waals surface area contributed by atoms with E-state index in [2.05, 4.69) is 31.3 Å². The first-order valence-electron chi connectivity index (χ1n) is 36.9. The lowest BCUT2D eigenvalue weighted by atomic mass is 10.0. The predicted octanol–water partition coefficient (Wildman–Crippen LogP) is 23.9. The Kier molecular flexibility index (Phi) is 68.9. The first-order chi connectivity index (χ1) is 39.5. The minimum Gasteiger partial charge on any atom is -0.466 e. The summed E-state index contributed by atoms with van der Waals surface area (Å²) in [5, 5.41) is 23.4. The van der Waals surface area contributed by atoms with Crippen LogP contribution in [0, 0.1) is 0 Å². The lowest BCUT2D eigenvalue weighted by Crippen LogP contribution is -2.45. The largest absolute Gasteiger partial charge is 0.466 e. The van der Waals surface area contributed by atoms with Crippen molar-refractivity contribution < 1.29 is 24.5 Å². The molecule has 476 valence electrons. The third-order valence-electron chi connectivity index (χ3n) is 17.6. The fourth-order valence-corrected chi connectivity index (χ4v) is 11.9. The van der Waals surface area contributed by atoms with Gasteiger partial charge in [0.25, 0.3) is 0 Å². The molecule has 0 aromatic heterocycles. The number of aliphatic hydroxyl groups excluding tert-OH is 2. The molecule has 80 heavy (non-hydrogen) atoms. The van der Waals surface area contributed by atoms with Crippen molar-refractivity contribution in [1.29, 1.82) is 0 Å². The number of allylic oxidation sites excluding steroid dienone is 2. The molecule has 0 aliphatic carbocycles. The molecule has 2 atom stereocenters. The van der Waals surface area contributed by atoms with Crippen molar-refractivity contribution in [1.82, 2.24) is 5.32 Å². The standard InChI is InChI=1S/C74H145NO5/c1-3-5-7-9-11-13-15-17-19-21-32-35-38-42-46-50-54-58-62-66-72(77)71(70-76)75-73(78)67-63-59-55-51-47-43-39-36-33-30-28-26-24-22-23-25-27-29-31-34-37-41-45-49-53-57-61-65-69-80-74(79)68-64-60-56-52-48-44-40-20-18-16-14-12-10-8-6-4-2/h20,40,71-72,76-77H,3-19,21-39,41-70H2,1-2H3,(H,75,78)/b40-20-. The molecule has 0 spiro atoms. The van der Waals surface area contributed by atoms with Gasteiger partial charge in [0.2, 0.25) is 5.91 Å². The summed E-state index contributed by atoms with van der Waals surface area (Å²) in [5.74, 6) is -0.0145. The van der Waals surface area contributed by atoms with Crippen LogP contribution in [0.4, 0.5) is 0 Å². The zero-order valence-corrected chi connectivity index (χ0v) is 54.6. The van der Waals surface area contributed by atoms with Crippen LogP contribution in [0.3, 0.4) is 0 Å². The van der Waals surface area contributed by atoms with Crippen LogP contribution in [-0.2, 0) is 14.3 Å². The summed E-state index contributed by atoms with van der Waals surface area (Å²) in [4.78, 5) is 24.6. The summed E-state index contributed by atoms with van der Waals surface area (Å²) in [6.07, 6.45) is 87.0. The van der Waals surface area contributed by atoms with Gasteiger partial charge in [-0.1, -0.05) is 373 Å². The SMILES string of the molecule is CCCCCCCCC/C=C\CCCCCCCC(=O)OCCCCCCCCCCCCCCCCCCCCCCCCCCCCCCC(=O)NC(CO)C(O)CCCCCCCCCCCCCCCCCCCCC. The number of hydrogen-bond donors (Lipinski definition) is 3. The van der Waals surface area contributed by atoms with Gasteiger partial charge in [0, 0.05) is 12.8 Å². The molecule has 0 fully saturated rings. The molecule has 0 aromatic rings. The van der Waals surface area contributed by atoms with Gasteiger partial charge < -0.3 is 20.3 Å². The van der Waals surface area contributed by atoms with Gasteiger partial charge in [-0.2, -0.15) is 0 Å². The normalized spacial score (nSPS) is 12.5. The first-order valence-corrected chi connectivity index (χ1v) is 36.9. The predicted molar refractivity (Wildman–Crippen MR) is 352 cm³/mol. The van der Waals surface area contributed by atoms with Crippen molar-refractivity contribution >= 4 is 11.9 Å². The summed E-state index contributed by atoms with van der Waals surface area (Å²) in [6, 6.07) is -0.539. The van der Waals surface area contributed by atoms with Crippen molar-refractivity contribution in [2.45, 2.75) is 437 Å². The Morgan fingerprint density at radius 1 is 0.338 bits per heavy atom. The van der Waals surface area contributed by atoms with Gasteiger partial charge in [-0.05, 0) is 51.4 Å². The van der Waals surface area contributed by atoms with E-state index < -0.39 is 12.1 Å². The molecule has 0 radical (unpaired) electrons. The Hall–Kier alpha value is -1.40. The van der Waals surface area contributed by atoms with Gasteiger partial charge in [-0.3, -0.25) is 9.59 Å². The average molecular weight is 1130 g/mol. The second-order valence-electron chi connectivity index (χ2n) is 25.6. The van der Waals surface area contributed by atoms with Crippen LogP contribution in [0.15, 0.2) is 12.2 Å². The van der Waals surface area contributed by atoms with Crippen molar-refractivity contribution in [2.24, 2.45) is 0 Å². The molecule has 6 heteroatoms. The minimum atomic E-state index is -0.662. The van der Waals surface area contributed by atoms with Gasteiger partial charge in [-0.25, -0.2) is 0 Å². The van der Waals surface area contributed by atoms with E-state index in [1.165, 1.54) is 347 Å².